The number of Topliss-reactive ketones (excluding diaryl/α,β-unsaturated/α-hetero) is 1. The van der Waals surface area contributed by atoms with E-state index in [1.807, 2.05) is 54.6 Å². The van der Waals surface area contributed by atoms with Gasteiger partial charge in [0.05, 0.1) is 12.1 Å². The summed E-state index contributed by atoms with van der Waals surface area (Å²) >= 11 is 0. The first-order chi connectivity index (χ1) is 27.7. The zero-order chi connectivity index (χ0) is 41.7. The van der Waals surface area contributed by atoms with E-state index >= 15 is 0 Å². The van der Waals surface area contributed by atoms with E-state index in [0.717, 1.165) is 40.5 Å². The molecule has 3 amide bonds. The summed E-state index contributed by atoms with van der Waals surface area (Å²) in [5, 5.41) is 19.4. The molecule has 0 aliphatic heterocycles. The highest BCUT2D eigenvalue weighted by Gasteiger charge is 2.29. The first-order valence-corrected chi connectivity index (χ1v) is 18.7. The predicted octanol–water partition coefficient (Wildman–Crippen LogP) is 6.90. The maximum atomic E-state index is 14.5. The van der Waals surface area contributed by atoms with Crippen LogP contribution in [0.2, 0.25) is 0 Å². The number of benzene rings is 4. The minimum absolute atomic E-state index is 0.00613. The number of hydrogen-bond acceptors (Lipinski definition) is 8. The molecule has 0 radical (unpaired) electrons. The second-order valence-electron chi connectivity index (χ2n) is 14.7. The monoisotopic (exact) mass is 792 g/mol. The van der Waals surface area contributed by atoms with Gasteiger partial charge in [-0.2, -0.15) is 0 Å². The number of hydrogen-bond donors (Lipinski definition) is 4. The summed E-state index contributed by atoms with van der Waals surface area (Å²) in [5.41, 5.74) is 3.07. The van der Waals surface area contributed by atoms with Gasteiger partial charge >= 0.3 is 12.2 Å². The number of pyridine rings is 1. The molecule has 4 N–H and O–H groups in total. The van der Waals surface area contributed by atoms with E-state index in [1.165, 1.54) is 12.1 Å². The number of aromatic nitrogens is 1. The molecule has 1 heterocycles. The first kappa shape index (κ1) is 42.7. The van der Waals surface area contributed by atoms with Crippen molar-refractivity contribution in [2.24, 2.45) is 0 Å². The normalized spacial score (nSPS) is 12.7. The van der Waals surface area contributed by atoms with E-state index in [4.69, 9.17) is 9.47 Å². The van der Waals surface area contributed by atoms with Crippen LogP contribution in [0.25, 0.3) is 11.1 Å². The van der Waals surface area contributed by atoms with Crippen molar-refractivity contribution in [1.82, 2.24) is 20.9 Å². The summed E-state index contributed by atoms with van der Waals surface area (Å²) in [6, 6.07) is 27.5. The molecule has 5 rings (SSSR count). The highest BCUT2D eigenvalue weighted by molar-refractivity contribution is 5.95. The van der Waals surface area contributed by atoms with Crippen molar-refractivity contribution in [1.29, 1.82) is 0 Å². The first-order valence-electron chi connectivity index (χ1n) is 18.7. The maximum Gasteiger partial charge on any atom is 0.407 e. The standard InChI is InChI=1S/C45H46F2N4O7/c1-45(2,3)58-44(56)50-37(25-35-24-36(46)18-19-38(35)47)27-49-42(54)33-12-7-11-31(21-33)23-40(52)41(53)39(51-43(55)57-28-30-9-5-4-6-10-30)22-29-14-16-32(17-15-29)34-13-8-20-48-26-34/h4-21,24,26,37,39,41,53H,22-23,25,27-28H2,1-3H3,(H,49,54)(H,50,56)(H,51,55)/t37?,39-,41+/m1/s1. The lowest BCUT2D eigenvalue weighted by Gasteiger charge is -2.24. The Morgan fingerprint density at radius 3 is 2.21 bits per heavy atom. The van der Waals surface area contributed by atoms with Crippen molar-refractivity contribution in [3.05, 3.63) is 161 Å². The number of ketones is 1. The second-order valence-corrected chi connectivity index (χ2v) is 14.7. The van der Waals surface area contributed by atoms with Crippen LogP contribution in [0.15, 0.2) is 122 Å². The predicted molar refractivity (Wildman–Crippen MR) is 214 cm³/mol. The quantitative estimate of drug-likeness (QED) is 0.0841. The molecule has 0 saturated carbocycles. The third kappa shape index (κ3) is 13.3. The number of ether oxygens (including phenoxy) is 2. The Balaban J connectivity index is 1.26. The number of alkyl carbamates (subject to hydrolysis) is 2. The molecule has 302 valence electrons. The van der Waals surface area contributed by atoms with Gasteiger partial charge in [-0.1, -0.05) is 72.8 Å². The summed E-state index contributed by atoms with van der Waals surface area (Å²) in [5.74, 6) is -2.52. The number of nitrogens with one attached hydrogen (secondary N) is 3. The van der Waals surface area contributed by atoms with Crippen LogP contribution in [0.4, 0.5) is 18.4 Å². The van der Waals surface area contributed by atoms with Gasteiger partial charge in [0.1, 0.15) is 29.9 Å². The molecule has 0 aliphatic carbocycles. The number of aliphatic hydroxyl groups excluding tert-OH is 1. The third-order valence-electron chi connectivity index (χ3n) is 8.90. The largest absolute Gasteiger partial charge is 0.445 e. The van der Waals surface area contributed by atoms with Crippen LogP contribution in [-0.4, -0.2) is 64.3 Å². The van der Waals surface area contributed by atoms with Gasteiger partial charge < -0.3 is 30.5 Å². The minimum atomic E-state index is -1.65. The lowest BCUT2D eigenvalue weighted by Crippen LogP contribution is -2.48. The summed E-state index contributed by atoms with van der Waals surface area (Å²) in [4.78, 5) is 56.6. The van der Waals surface area contributed by atoms with Crippen LogP contribution in [-0.2, 0) is 40.1 Å². The van der Waals surface area contributed by atoms with Crippen molar-refractivity contribution >= 4 is 23.9 Å². The van der Waals surface area contributed by atoms with E-state index in [9.17, 15) is 33.1 Å². The number of aliphatic hydroxyl groups is 1. The van der Waals surface area contributed by atoms with E-state index in [2.05, 4.69) is 20.9 Å². The van der Waals surface area contributed by atoms with E-state index in [-0.39, 0.29) is 43.5 Å². The van der Waals surface area contributed by atoms with Crippen LogP contribution in [0, 0.1) is 11.6 Å². The average Bonchev–Trinajstić information content (AvgIpc) is 3.20. The molecule has 0 saturated heterocycles. The average molecular weight is 793 g/mol. The van der Waals surface area contributed by atoms with E-state index in [1.54, 1.807) is 57.4 Å². The van der Waals surface area contributed by atoms with Gasteiger partial charge in [0.15, 0.2) is 5.78 Å². The molecule has 0 aliphatic rings. The highest BCUT2D eigenvalue weighted by atomic mass is 19.1. The molecule has 5 aromatic rings. The lowest BCUT2D eigenvalue weighted by atomic mass is 9.94. The van der Waals surface area contributed by atoms with Gasteiger partial charge in [0.2, 0.25) is 0 Å². The summed E-state index contributed by atoms with van der Waals surface area (Å²) in [6.07, 6.45) is -0.181. The molecule has 0 fully saturated rings. The van der Waals surface area contributed by atoms with Gasteiger partial charge in [-0.25, -0.2) is 18.4 Å². The van der Waals surface area contributed by atoms with Crippen LogP contribution in [0.3, 0.4) is 0 Å². The fourth-order valence-corrected chi connectivity index (χ4v) is 6.06. The van der Waals surface area contributed by atoms with Gasteiger partial charge in [-0.05, 0) is 103 Å². The number of halogens is 2. The Hall–Kier alpha value is -6.47. The highest BCUT2D eigenvalue weighted by Crippen LogP contribution is 2.20. The molecule has 1 aromatic heterocycles. The smallest absolute Gasteiger partial charge is 0.407 e. The summed E-state index contributed by atoms with van der Waals surface area (Å²) < 4.78 is 39.2. The Kier molecular flexibility index (Phi) is 14.8. The van der Waals surface area contributed by atoms with Crippen LogP contribution in [0.5, 0.6) is 0 Å². The maximum absolute atomic E-state index is 14.5. The zero-order valence-electron chi connectivity index (χ0n) is 32.4. The molecule has 58 heavy (non-hydrogen) atoms. The third-order valence-corrected chi connectivity index (χ3v) is 8.90. The summed E-state index contributed by atoms with van der Waals surface area (Å²) in [6.45, 7) is 4.83. The topological polar surface area (TPSA) is 156 Å². The lowest BCUT2D eigenvalue weighted by molar-refractivity contribution is -0.127. The Labute approximate surface area is 335 Å². The van der Waals surface area contributed by atoms with E-state index in [0.29, 0.717) is 5.56 Å². The van der Waals surface area contributed by atoms with Crippen molar-refractivity contribution in [2.45, 2.75) is 70.4 Å². The van der Waals surface area contributed by atoms with Gasteiger partial charge in [-0.15, -0.1) is 0 Å². The van der Waals surface area contributed by atoms with E-state index < -0.39 is 59.3 Å². The fraction of sp³-hybridized carbons (Fsp3) is 0.267. The number of nitrogens with zero attached hydrogens (tertiary/aromatic N) is 1. The van der Waals surface area contributed by atoms with Gasteiger partial charge in [0, 0.05) is 30.9 Å². The van der Waals surface area contributed by atoms with Crippen molar-refractivity contribution in [2.75, 3.05) is 6.54 Å². The zero-order valence-corrected chi connectivity index (χ0v) is 32.4. The number of carbonyl (C=O) groups is 4. The van der Waals surface area contributed by atoms with Crippen molar-refractivity contribution in [3.63, 3.8) is 0 Å². The second kappa shape index (κ2) is 20.1. The molecule has 0 bridgehead atoms. The number of rotatable bonds is 16. The Morgan fingerprint density at radius 1 is 0.759 bits per heavy atom. The molecule has 0 spiro atoms. The van der Waals surface area contributed by atoms with Crippen LogP contribution >= 0.6 is 0 Å². The molecular weight excluding hydrogens is 747 g/mol. The van der Waals surface area contributed by atoms with Crippen molar-refractivity contribution in [3.8, 4) is 11.1 Å². The molecule has 13 heteroatoms. The Morgan fingerprint density at radius 2 is 1.50 bits per heavy atom. The van der Waals surface area contributed by atoms with Gasteiger partial charge in [0.25, 0.3) is 5.91 Å². The molecule has 11 nitrogen and oxygen atoms in total. The SMILES string of the molecule is CC(C)(C)OC(=O)NC(CNC(=O)c1cccc(CC(=O)[C@@H](O)[C@@H](Cc2ccc(-c3cccnc3)cc2)NC(=O)OCc2ccccc2)c1)Cc1cc(F)ccc1F. The fourth-order valence-electron chi connectivity index (χ4n) is 6.06. The van der Waals surface area contributed by atoms with Gasteiger partial charge in [-0.3, -0.25) is 14.6 Å². The van der Waals surface area contributed by atoms with Crippen molar-refractivity contribution < 1.29 is 42.5 Å². The molecule has 1 unspecified atom stereocenters. The van der Waals surface area contributed by atoms with Crippen LogP contribution < -0.4 is 16.0 Å². The molecular formula is C45H46F2N4O7. The summed E-state index contributed by atoms with van der Waals surface area (Å²) in [7, 11) is 0. The molecule has 3 atom stereocenters. The minimum Gasteiger partial charge on any atom is -0.445 e. The van der Waals surface area contributed by atoms with Crippen LogP contribution in [0.1, 0.15) is 53.4 Å². The molecule has 4 aromatic carbocycles. The number of carbonyl (C=O) groups excluding carboxylic acids is 4. The number of amides is 3. The Bertz CT molecular complexity index is 2160.